The number of carbonyl (C=O) groups is 1. The number of ether oxygens (including phenoxy) is 1. The van der Waals surface area contributed by atoms with E-state index in [-0.39, 0.29) is 24.0 Å². The van der Waals surface area contributed by atoms with Crippen molar-refractivity contribution in [3.63, 3.8) is 0 Å². The van der Waals surface area contributed by atoms with Gasteiger partial charge in [-0.05, 0) is 61.1 Å². The van der Waals surface area contributed by atoms with Gasteiger partial charge in [0.05, 0.1) is 6.42 Å². The summed E-state index contributed by atoms with van der Waals surface area (Å²) in [5.41, 5.74) is 1.12. The molecule has 0 aromatic heterocycles. The lowest BCUT2D eigenvalue weighted by Crippen LogP contribution is -2.47. The van der Waals surface area contributed by atoms with E-state index in [4.69, 9.17) is 9.16 Å². The molecule has 1 aliphatic heterocycles. The van der Waals surface area contributed by atoms with Gasteiger partial charge in [-0.2, -0.15) is 0 Å². The van der Waals surface area contributed by atoms with E-state index in [0.717, 1.165) is 5.56 Å². The van der Waals surface area contributed by atoms with Gasteiger partial charge in [0.2, 0.25) is 0 Å². The first kappa shape index (κ1) is 21.4. The second-order valence-corrected chi connectivity index (χ2v) is 13.2. The standard InChI is InChI=1S/C25H24F2O3Si/c1-31(2,3)30-25(17-8-12-19(26)13-9-17,18-10-14-20(27)15-11-18)22-16-24(28)29-23-7-5-4-6-21(22)23/h4-15,22H,16H2,1-3H3/t22-/m1/s1. The first-order valence-corrected chi connectivity index (χ1v) is 13.6. The molecule has 6 heteroatoms. The maximum atomic E-state index is 13.9. The number of hydrogen-bond donors (Lipinski definition) is 0. The molecule has 0 fully saturated rings. The lowest BCUT2D eigenvalue weighted by atomic mass is 9.70. The summed E-state index contributed by atoms with van der Waals surface area (Å²) in [6, 6.07) is 19.6. The topological polar surface area (TPSA) is 35.5 Å². The molecule has 0 amide bonds. The van der Waals surface area contributed by atoms with Crippen LogP contribution >= 0.6 is 0 Å². The van der Waals surface area contributed by atoms with Crippen LogP contribution in [-0.2, 0) is 14.8 Å². The maximum absolute atomic E-state index is 13.9. The molecule has 0 N–H and O–H groups in total. The maximum Gasteiger partial charge on any atom is 0.311 e. The molecule has 0 bridgehead atoms. The zero-order chi connectivity index (χ0) is 22.2. The van der Waals surface area contributed by atoms with Crippen molar-refractivity contribution >= 4 is 14.3 Å². The Morgan fingerprint density at radius 1 is 0.871 bits per heavy atom. The number of halogens is 2. The Labute approximate surface area is 181 Å². The van der Waals surface area contributed by atoms with Crippen molar-refractivity contribution in [2.45, 2.75) is 37.6 Å². The highest BCUT2D eigenvalue weighted by atomic mass is 28.4. The fourth-order valence-electron chi connectivity index (χ4n) is 4.30. The molecule has 0 saturated carbocycles. The molecule has 0 saturated heterocycles. The van der Waals surface area contributed by atoms with Gasteiger partial charge in [-0.25, -0.2) is 8.78 Å². The summed E-state index contributed by atoms with van der Waals surface area (Å²) in [4.78, 5) is 12.6. The average molecular weight is 439 g/mol. The van der Waals surface area contributed by atoms with Crippen molar-refractivity contribution in [1.29, 1.82) is 0 Å². The first-order chi connectivity index (χ1) is 14.7. The Balaban J connectivity index is 2.05. The van der Waals surface area contributed by atoms with Crippen LogP contribution in [0.2, 0.25) is 19.6 Å². The van der Waals surface area contributed by atoms with Gasteiger partial charge in [0, 0.05) is 11.5 Å². The second kappa shape index (κ2) is 8.02. The largest absolute Gasteiger partial charge is 0.426 e. The van der Waals surface area contributed by atoms with E-state index in [2.05, 4.69) is 19.6 Å². The monoisotopic (exact) mass is 438 g/mol. The molecule has 3 nitrogen and oxygen atoms in total. The third-order valence-corrected chi connectivity index (χ3v) is 6.33. The van der Waals surface area contributed by atoms with Crippen LogP contribution in [0, 0.1) is 11.6 Å². The summed E-state index contributed by atoms with van der Waals surface area (Å²) in [5, 5.41) is 0. The van der Waals surface area contributed by atoms with Gasteiger partial charge in [0.15, 0.2) is 8.32 Å². The van der Waals surface area contributed by atoms with E-state index in [1.165, 1.54) is 24.3 Å². The van der Waals surface area contributed by atoms with E-state index in [1.807, 2.05) is 18.2 Å². The zero-order valence-electron chi connectivity index (χ0n) is 17.7. The van der Waals surface area contributed by atoms with Crippen LogP contribution in [0.25, 0.3) is 0 Å². The van der Waals surface area contributed by atoms with E-state index >= 15 is 0 Å². The highest BCUT2D eigenvalue weighted by Gasteiger charge is 2.50. The van der Waals surface area contributed by atoms with Crippen molar-refractivity contribution in [3.05, 3.63) is 101 Å². The minimum absolute atomic E-state index is 0.0796. The van der Waals surface area contributed by atoms with E-state index in [1.54, 1.807) is 30.3 Å². The number of hydrogen-bond acceptors (Lipinski definition) is 3. The van der Waals surface area contributed by atoms with Crippen molar-refractivity contribution in [2.75, 3.05) is 0 Å². The van der Waals surface area contributed by atoms with Gasteiger partial charge < -0.3 is 9.16 Å². The van der Waals surface area contributed by atoms with E-state index < -0.39 is 19.8 Å². The van der Waals surface area contributed by atoms with Gasteiger partial charge in [-0.15, -0.1) is 0 Å². The van der Waals surface area contributed by atoms with Crippen molar-refractivity contribution in [3.8, 4) is 5.75 Å². The third-order valence-electron chi connectivity index (χ3n) is 5.39. The third kappa shape index (κ3) is 4.18. The predicted octanol–water partition coefficient (Wildman–Crippen LogP) is 6.15. The smallest absolute Gasteiger partial charge is 0.311 e. The van der Waals surface area contributed by atoms with Crippen LogP contribution in [0.1, 0.15) is 29.0 Å². The van der Waals surface area contributed by atoms with Crippen LogP contribution in [-0.4, -0.2) is 14.3 Å². The lowest BCUT2D eigenvalue weighted by molar-refractivity contribution is -0.137. The lowest BCUT2D eigenvalue weighted by Gasteiger charge is -2.47. The Hall–Kier alpha value is -2.83. The SMILES string of the molecule is C[Si](C)(C)OC(c1ccc(F)cc1)(c1ccc(F)cc1)[C@@H]1CC(=O)Oc2ccccc21. The fourth-order valence-corrected chi connectivity index (χ4v) is 5.64. The molecule has 4 rings (SSSR count). The summed E-state index contributed by atoms with van der Waals surface area (Å²) < 4.78 is 40.1. The van der Waals surface area contributed by atoms with Crippen LogP contribution < -0.4 is 4.74 Å². The van der Waals surface area contributed by atoms with Crippen LogP contribution in [0.15, 0.2) is 72.8 Å². The summed E-state index contributed by atoms with van der Waals surface area (Å²) in [5.74, 6) is -1.05. The van der Waals surface area contributed by atoms with E-state index in [9.17, 15) is 13.6 Å². The Bertz CT molecular complexity index is 1040. The minimum atomic E-state index is -2.25. The first-order valence-electron chi connectivity index (χ1n) is 10.2. The Morgan fingerprint density at radius 3 is 1.90 bits per heavy atom. The van der Waals surface area contributed by atoms with Crippen LogP contribution in [0.3, 0.4) is 0 Å². The molecule has 1 aliphatic rings. The molecule has 31 heavy (non-hydrogen) atoms. The normalized spacial score (nSPS) is 16.5. The molecular weight excluding hydrogens is 414 g/mol. The van der Waals surface area contributed by atoms with Gasteiger partial charge in [0.25, 0.3) is 0 Å². The van der Waals surface area contributed by atoms with Crippen molar-refractivity contribution in [1.82, 2.24) is 0 Å². The highest BCUT2D eigenvalue weighted by Crippen LogP contribution is 2.52. The van der Waals surface area contributed by atoms with Gasteiger partial charge in [-0.1, -0.05) is 42.5 Å². The second-order valence-electron chi connectivity index (χ2n) is 8.73. The molecule has 1 atom stereocenters. The molecule has 160 valence electrons. The quantitative estimate of drug-likeness (QED) is 0.272. The molecule has 0 aliphatic carbocycles. The average Bonchev–Trinajstić information content (AvgIpc) is 2.72. The number of benzene rings is 3. The van der Waals surface area contributed by atoms with Crippen LogP contribution in [0.4, 0.5) is 8.78 Å². The summed E-state index contributed by atoms with van der Waals surface area (Å²) >= 11 is 0. The molecule has 0 radical (unpaired) electrons. The molecule has 3 aromatic rings. The van der Waals surface area contributed by atoms with Crippen molar-refractivity contribution < 1.29 is 22.7 Å². The number of rotatable bonds is 5. The van der Waals surface area contributed by atoms with E-state index in [0.29, 0.717) is 16.9 Å². The van der Waals surface area contributed by atoms with Gasteiger partial charge in [-0.3, -0.25) is 4.79 Å². The molecule has 1 heterocycles. The number of fused-ring (bicyclic) bond motifs is 1. The number of para-hydroxylation sites is 1. The Kier molecular flexibility index (Phi) is 5.53. The Morgan fingerprint density at radius 2 is 1.39 bits per heavy atom. The van der Waals surface area contributed by atoms with Crippen molar-refractivity contribution in [2.24, 2.45) is 0 Å². The van der Waals surface area contributed by atoms with Gasteiger partial charge >= 0.3 is 5.97 Å². The summed E-state index contributed by atoms with van der Waals surface area (Å²) in [6.07, 6.45) is 0.0796. The molecule has 3 aromatic carbocycles. The molecular formula is C25H24F2O3Si. The molecule has 0 spiro atoms. The summed E-state index contributed by atoms with van der Waals surface area (Å²) in [7, 11) is -2.25. The van der Waals surface area contributed by atoms with Crippen LogP contribution in [0.5, 0.6) is 5.75 Å². The number of carbonyl (C=O) groups excluding carboxylic acids is 1. The summed E-state index contributed by atoms with van der Waals surface area (Å²) in [6.45, 7) is 6.17. The minimum Gasteiger partial charge on any atom is -0.426 e. The highest BCUT2D eigenvalue weighted by molar-refractivity contribution is 6.69. The predicted molar refractivity (Wildman–Crippen MR) is 117 cm³/mol. The fraction of sp³-hybridized carbons (Fsp3) is 0.240. The molecule has 0 unspecified atom stereocenters. The van der Waals surface area contributed by atoms with Gasteiger partial charge in [0.1, 0.15) is 23.0 Å². The zero-order valence-corrected chi connectivity index (χ0v) is 18.7. The number of esters is 1.